The minimum absolute atomic E-state index is 0.192. The van der Waals surface area contributed by atoms with Gasteiger partial charge in [0.05, 0.1) is 5.56 Å². The van der Waals surface area contributed by atoms with Gasteiger partial charge >= 0.3 is 0 Å². The Morgan fingerprint density at radius 3 is 2.71 bits per heavy atom. The predicted molar refractivity (Wildman–Crippen MR) is 64.1 cm³/mol. The van der Waals surface area contributed by atoms with Crippen LogP contribution in [0, 0.1) is 11.3 Å². The molecule has 5 nitrogen and oxygen atoms in total. The summed E-state index contributed by atoms with van der Waals surface area (Å²) in [6, 6.07) is 8.02. The van der Waals surface area contributed by atoms with Gasteiger partial charge in [0.2, 0.25) is 0 Å². The Morgan fingerprint density at radius 2 is 2.18 bits per heavy atom. The van der Waals surface area contributed by atoms with Gasteiger partial charge in [-0.1, -0.05) is 6.07 Å². The first-order valence-electron chi connectivity index (χ1n) is 4.54. The average Bonchev–Trinajstić information content (AvgIpc) is 2.84. The highest BCUT2D eigenvalue weighted by Gasteiger charge is 2.15. The van der Waals surface area contributed by atoms with Gasteiger partial charge in [0.15, 0.2) is 0 Å². The summed E-state index contributed by atoms with van der Waals surface area (Å²) in [5, 5.41) is 10.3. The summed E-state index contributed by atoms with van der Waals surface area (Å²) < 4.78 is 26.2. The van der Waals surface area contributed by atoms with E-state index >= 15 is 0 Å². The van der Waals surface area contributed by atoms with Crippen molar-refractivity contribution < 1.29 is 8.42 Å². The van der Waals surface area contributed by atoms with Gasteiger partial charge in [-0.2, -0.15) is 5.26 Å². The van der Waals surface area contributed by atoms with E-state index in [1.165, 1.54) is 24.4 Å². The molecule has 1 N–H and O–H groups in total. The monoisotopic (exact) mass is 265 g/mol. The molecule has 0 saturated carbocycles. The fourth-order valence-corrected chi connectivity index (χ4v) is 3.13. The molecule has 2 heterocycles. The largest absolute Gasteiger partial charge is 0.272 e. The van der Waals surface area contributed by atoms with Gasteiger partial charge < -0.3 is 0 Å². The number of nitrogens with one attached hydrogen (secondary N) is 1. The normalized spacial score (nSPS) is 10.8. The highest BCUT2D eigenvalue weighted by atomic mass is 32.2. The van der Waals surface area contributed by atoms with Crippen molar-refractivity contribution >= 4 is 27.2 Å². The number of hydrogen-bond donors (Lipinski definition) is 1. The third-order valence-corrected chi connectivity index (χ3v) is 4.64. The molecule has 0 bridgehead atoms. The molecule has 0 atom stereocenters. The third-order valence-electron chi connectivity index (χ3n) is 1.89. The van der Waals surface area contributed by atoms with Gasteiger partial charge in [0.25, 0.3) is 10.0 Å². The summed E-state index contributed by atoms with van der Waals surface area (Å²) in [7, 11) is -3.57. The number of anilines is 1. The molecule has 2 aromatic rings. The smallest absolute Gasteiger partial charge is 0.263 e. The molecule has 0 spiro atoms. The van der Waals surface area contributed by atoms with Crippen molar-refractivity contribution in [1.82, 2.24) is 4.98 Å². The van der Waals surface area contributed by atoms with E-state index in [1.54, 1.807) is 11.4 Å². The summed E-state index contributed by atoms with van der Waals surface area (Å²) in [6.45, 7) is 0. The van der Waals surface area contributed by atoms with Crippen LogP contribution in [0.5, 0.6) is 0 Å². The van der Waals surface area contributed by atoms with Crippen LogP contribution in [0.25, 0.3) is 0 Å². The summed E-state index contributed by atoms with van der Waals surface area (Å²) >= 11 is 1.13. The number of thiophene rings is 1. The average molecular weight is 265 g/mol. The lowest BCUT2D eigenvalue weighted by Crippen LogP contribution is -2.12. The van der Waals surface area contributed by atoms with Crippen molar-refractivity contribution in [3.8, 4) is 6.07 Å². The van der Waals surface area contributed by atoms with E-state index in [0.717, 1.165) is 11.3 Å². The summed E-state index contributed by atoms with van der Waals surface area (Å²) in [6.07, 6.45) is 1.31. The Labute approximate surface area is 102 Å². The zero-order valence-corrected chi connectivity index (χ0v) is 10.1. The van der Waals surface area contributed by atoms with Crippen LogP contribution in [0.2, 0.25) is 0 Å². The summed E-state index contributed by atoms with van der Waals surface area (Å²) in [5.74, 6) is 0.192. The molecule has 7 heteroatoms. The Morgan fingerprint density at radius 1 is 1.35 bits per heavy atom. The first kappa shape index (κ1) is 11.6. The van der Waals surface area contributed by atoms with Crippen LogP contribution in [-0.2, 0) is 10.0 Å². The molecule has 0 aliphatic heterocycles. The zero-order valence-electron chi connectivity index (χ0n) is 8.49. The van der Waals surface area contributed by atoms with E-state index in [9.17, 15) is 8.42 Å². The predicted octanol–water partition coefficient (Wildman–Crippen LogP) is 1.82. The Kier molecular flexibility index (Phi) is 3.08. The molecule has 0 saturated heterocycles. The molecule has 0 unspecified atom stereocenters. The summed E-state index contributed by atoms with van der Waals surface area (Å²) in [5.41, 5.74) is 0.379. The molecule has 86 valence electrons. The van der Waals surface area contributed by atoms with Gasteiger partial charge in [-0.15, -0.1) is 11.3 Å². The number of nitriles is 1. The first-order valence-corrected chi connectivity index (χ1v) is 6.90. The van der Waals surface area contributed by atoms with E-state index in [2.05, 4.69) is 9.71 Å². The van der Waals surface area contributed by atoms with E-state index in [0.29, 0.717) is 5.56 Å². The number of pyridine rings is 1. The second-order valence-electron chi connectivity index (χ2n) is 3.08. The van der Waals surface area contributed by atoms with E-state index in [1.807, 2.05) is 6.07 Å². The van der Waals surface area contributed by atoms with Crippen LogP contribution in [0.3, 0.4) is 0 Å². The standard InChI is InChI=1S/C10H7N3O2S2/c11-6-8-3-4-9(12-7-8)13-17(14,15)10-2-1-5-16-10/h1-5,7H,(H,12,13). The van der Waals surface area contributed by atoms with Crippen LogP contribution in [0.1, 0.15) is 5.56 Å². The lowest BCUT2D eigenvalue weighted by Gasteiger charge is -2.04. The maximum absolute atomic E-state index is 11.8. The van der Waals surface area contributed by atoms with E-state index < -0.39 is 10.0 Å². The highest BCUT2D eigenvalue weighted by molar-refractivity contribution is 7.94. The minimum Gasteiger partial charge on any atom is -0.263 e. The van der Waals surface area contributed by atoms with Gasteiger partial charge in [-0.05, 0) is 23.6 Å². The number of aromatic nitrogens is 1. The molecule has 0 aromatic carbocycles. The van der Waals surface area contributed by atoms with Gasteiger partial charge in [-0.3, -0.25) is 4.72 Å². The SMILES string of the molecule is N#Cc1ccc(NS(=O)(=O)c2cccs2)nc1. The topological polar surface area (TPSA) is 82.9 Å². The van der Waals surface area contributed by atoms with Gasteiger partial charge in [-0.25, -0.2) is 13.4 Å². The van der Waals surface area contributed by atoms with Crippen LogP contribution in [-0.4, -0.2) is 13.4 Å². The lowest BCUT2D eigenvalue weighted by atomic mass is 10.3. The van der Waals surface area contributed by atoms with Crippen molar-refractivity contribution in [2.24, 2.45) is 0 Å². The Balaban J connectivity index is 2.24. The molecule has 0 fully saturated rings. The van der Waals surface area contributed by atoms with Crippen LogP contribution in [0.4, 0.5) is 5.82 Å². The molecular formula is C10H7N3O2S2. The molecule has 0 aliphatic carbocycles. The van der Waals surface area contributed by atoms with Crippen LogP contribution in [0.15, 0.2) is 40.1 Å². The minimum atomic E-state index is -3.57. The van der Waals surface area contributed by atoms with Crippen molar-refractivity contribution in [1.29, 1.82) is 5.26 Å². The van der Waals surface area contributed by atoms with E-state index in [-0.39, 0.29) is 10.0 Å². The van der Waals surface area contributed by atoms with Crippen LogP contribution < -0.4 is 4.72 Å². The quantitative estimate of drug-likeness (QED) is 0.917. The lowest BCUT2D eigenvalue weighted by molar-refractivity contribution is 0.603. The highest BCUT2D eigenvalue weighted by Crippen LogP contribution is 2.18. The molecule has 2 rings (SSSR count). The molecule has 0 radical (unpaired) electrons. The Bertz CT molecular complexity index is 640. The number of rotatable bonds is 3. The molecule has 17 heavy (non-hydrogen) atoms. The fourth-order valence-electron chi connectivity index (χ4n) is 1.12. The van der Waals surface area contributed by atoms with Gasteiger partial charge in [0.1, 0.15) is 16.1 Å². The van der Waals surface area contributed by atoms with E-state index in [4.69, 9.17) is 5.26 Å². The number of hydrogen-bond acceptors (Lipinski definition) is 5. The second kappa shape index (κ2) is 4.53. The molecule has 2 aromatic heterocycles. The third kappa shape index (κ3) is 2.61. The fraction of sp³-hybridized carbons (Fsp3) is 0. The maximum atomic E-state index is 11.8. The molecule has 0 aliphatic rings. The maximum Gasteiger partial charge on any atom is 0.272 e. The zero-order chi connectivity index (χ0) is 12.3. The number of nitrogens with zero attached hydrogens (tertiary/aromatic N) is 2. The second-order valence-corrected chi connectivity index (χ2v) is 5.94. The molecular weight excluding hydrogens is 258 g/mol. The summed E-state index contributed by atoms with van der Waals surface area (Å²) in [4.78, 5) is 3.84. The van der Waals surface area contributed by atoms with Crippen LogP contribution >= 0.6 is 11.3 Å². The molecule has 0 amide bonds. The van der Waals surface area contributed by atoms with Crippen molar-refractivity contribution in [3.63, 3.8) is 0 Å². The van der Waals surface area contributed by atoms with Crippen molar-refractivity contribution in [3.05, 3.63) is 41.4 Å². The van der Waals surface area contributed by atoms with Crippen molar-refractivity contribution in [2.45, 2.75) is 4.21 Å². The van der Waals surface area contributed by atoms with Gasteiger partial charge in [0, 0.05) is 6.20 Å². The number of sulfonamides is 1. The first-order chi connectivity index (χ1) is 8.12. The van der Waals surface area contributed by atoms with Crippen molar-refractivity contribution in [2.75, 3.05) is 4.72 Å². The Hall–Kier alpha value is -1.91.